The molecule has 0 saturated carbocycles. The minimum absolute atomic E-state index is 0.333. The predicted molar refractivity (Wildman–Crippen MR) is 96.3 cm³/mol. The average Bonchev–Trinajstić information content (AvgIpc) is 2.49. The molecule has 0 amide bonds. The maximum atomic E-state index is 9.76. The molecule has 2 aromatic rings. The van der Waals surface area contributed by atoms with Crippen LogP contribution in [0.4, 0.5) is 5.69 Å². The van der Waals surface area contributed by atoms with Crippen molar-refractivity contribution in [2.24, 2.45) is 0 Å². The summed E-state index contributed by atoms with van der Waals surface area (Å²) in [5, 5.41) is 14.4. The maximum Gasteiger partial charge on any atom is 0.129 e. The number of hydrogen-bond acceptors (Lipinski definition) is 5. The highest BCUT2D eigenvalue weighted by Crippen LogP contribution is 2.41. The summed E-state index contributed by atoms with van der Waals surface area (Å²) in [7, 11) is 0. The first-order valence-electron chi connectivity index (χ1n) is 6.70. The van der Waals surface area contributed by atoms with Crippen LogP contribution in [-0.2, 0) is 0 Å². The minimum Gasteiger partial charge on any atom is -0.507 e. The van der Waals surface area contributed by atoms with E-state index in [-0.39, 0.29) is 0 Å². The Kier molecular flexibility index (Phi) is 5.31. The lowest BCUT2D eigenvalue weighted by Crippen LogP contribution is -2.28. The van der Waals surface area contributed by atoms with Crippen LogP contribution in [0.15, 0.2) is 46.2 Å². The van der Waals surface area contributed by atoms with E-state index in [1.165, 1.54) is 0 Å². The number of halogens is 2. The molecule has 1 aliphatic heterocycles. The monoisotopic (exact) mass is 372 g/mol. The molecule has 2 N–H and O–H groups in total. The van der Waals surface area contributed by atoms with Crippen molar-refractivity contribution >= 4 is 52.6 Å². The van der Waals surface area contributed by atoms with Crippen molar-refractivity contribution in [3.8, 4) is 5.75 Å². The van der Waals surface area contributed by atoms with Crippen LogP contribution in [0.2, 0.25) is 10.0 Å². The fourth-order valence-electron chi connectivity index (χ4n) is 2.08. The SMILES string of the molecule is Oc1ccccc1SCCN1CNc2cc(Cl)cc(Cl)c2S1. The summed E-state index contributed by atoms with van der Waals surface area (Å²) in [5.74, 6) is 1.22. The first-order chi connectivity index (χ1) is 10.6. The molecule has 3 nitrogen and oxygen atoms in total. The van der Waals surface area contributed by atoms with Crippen LogP contribution >= 0.6 is 46.9 Å². The standard InChI is InChI=1S/C15H14Cl2N2OS2/c16-10-7-11(17)15-12(8-10)18-9-19(22-15)5-6-21-14-4-2-1-3-13(14)20/h1-4,7-8,18,20H,5-6,9H2. The topological polar surface area (TPSA) is 35.5 Å². The summed E-state index contributed by atoms with van der Waals surface area (Å²) in [6.45, 7) is 1.60. The fourth-order valence-corrected chi connectivity index (χ4v) is 4.66. The van der Waals surface area contributed by atoms with E-state index in [1.54, 1.807) is 35.8 Å². The second-order valence-corrected chi connectivity index (χ2v) is 7.80. The smallest absolute Gasteiger partial charge is 0.129 e. The number of anilines is 1. The Hall–Kier alpha value is -0.720. The molecule has 1 heterocycles. The third-order valence-electron chi connectivity index (χ3n) is 3.14. The van der Waals surface area contributed by atoms with E-state index in [2.05, 4.69) is 9.62 Å². The van der Waals surface area contributed by atoms with E-state index in [0.29, 0.717) is 15.8 Å². The second kappa shape index (κ2) is 7.23. The molecule has 116 valence electrons. The molecule has 0 spiro atoms. The lowest BCUT2D eigenvalue weighted by Gasteiger charge is -2.29. The summed E-state index contributed by atoms with van der Waals surface area (Å²) in [4.78, 5) is 1.91. The summed E-state index contributed by atoms with van der Waals surface area (Å²) < 4.78 is 2.20. The molecule has 0 atom stereocenters. The Bertz CT molecular complexity index is 685. The van der Waals surface area contributed by atoms with Gasteiger partial charge in [0.05, 0.1) is 22.3 Å². The van der Waals surface area contributed by atoms with Gasteiger partial charge in [0, 0.05) is 22.2 Å². The quantitative estimate of drug-likeness (QED) is 0.570. The molecule has 0 bridgehead atoms. The van der Waals surface area contributed by atoms with Crippen LogP contribution in [0.3, 0.4) is 0 Å². The molecule has 1 aliphatic rings. The molecule has 2 aromatic carbocycles. The van der Waals surface area contributed by atoms with Gasteiger partial charge in [-0.05, 0) is 36.2 Å². The molecule has 0 unspecified atom stereocenters. The van der Waals surface area contributed by atoms with Gasteiger partial charge < -0.3 is 10.4 Å². The van der Waals surface area contributed by atoms with Crippen LogP contribution in [0.1, 0.15) is 0 Å². The zero-order valence-corrected chi connectivity index (χ0v) is 14.7. The molecule has 3 rings (SSSR count). The van der Waals surface area contributed by atoms with Gasteiger partial charge in [0.15, 0.2) is 0 Å². The number of hydrogen-bond donors (Lipinski definition) is 2. The molecule has 0 saturated heterocycles. The van der Waals surface area contributed by atoms with E-state index < -0.39 is 0 Å². The van der Waals surface area contributed by atoms with Crippen molar-refractivity contribution in [2.45, 2.75) is 9.79 Å². The summed E-state index contributed by atoms with van der Waals surface area (Å²) in [5.41, 5.74) is 0.979. The van der Waals surface area contributed by atoms with Crippen molar-refractivity contribution in [2.75, 3.05) is 24.3 Å². The van der Waals surface area contributed by atoms with Gasteiger partial charge in [-0.15, -0.1) is 11.8 Å². The number of benzene rings is 2. The van der Waals surface area contributed by atoms with Crippen LogP contribution in [0.5, 0.6) is 5.75 Å². The molecule has 0 radical (unpaired) electrons. The van der Waals surface area contributed by atoms with Crippen LogP contribution in [0.25, 0.3) is 0 Å². The lowest BCUT2D eigenvalue weighted by atomic mass is 10.3. The van der Waals surface area contributed by atoms with E-state index in [0.717, 1.165) is 34.4 Å². The Balaban J connectivity index is 1.58. The average molecular weight is 373 g/mol. The van der Waals surface area contributed by atoms with Gasteiger partial charge in [-0.3, -0.25) is 0 Å². The molecular weight excluding hydrogens is 359 g/mol. The van der Waals surface area contributed by atoms with Gasteiger partial charge in [-0.25, -0.2) is 4.31 Å². The highest BCUT2D eigenvalue weighted by molar-refractivity contribution is 7.99. The number of phenols is 1. The first kappa shape index (κ1) is 16.1. The number of aromatic hydroxyl groups is 1. The molecular formula is C15H14Cl2N2OS2. The molecule has 0 aliphatic carbocycles. The number of fused-ring (bicyclic) bond motifs is 1. The maximum absolute atomic E-state index is 9.76. The Morgan fingerprint density at radius 1 is 1.27 bits per heavy atom. The van der Waals surface area contributed by atoms with Crippen LogP contribution in [-0.4, -0.2) is 28.4 Å². The van der Waals surface area contributed by atoms with Gasteiger partial charge in [0.25, 0.3) is 0 Å². The van der Waals surface area contributed by atoms with Gasteiger partial charge in [-0.1, -0.05) is 35.3 Å². The predicted octanol–water partition coefficient (Wildman–Crippen LogP) is 5.18. The zero-order valence-electron chi connectivity index (χ0n) is 11.6. The number of nitrogens with zero attached hydrogens (tertiary/aromatic N) is 1. The number of phenolic OH excluding ortho intramolecular Hbond substituents is 1. The van der Waals surface area contributed by atoms with Crippen molar-refractivity contribution in [1.29, 1.82) is 0 Å². The number of rotatable bonds is 4. The van der Waals surface area contributed by atoms with Gasteiger partial charge in [-0.2, -0.15) is 0 Å². The molecule has 0 fully saturated rings. The molecule has 22 heavy (non-hydrogen) atoms. The number of nitrogens with one attached hydrogen (secondary N) is 1. The fraction of sp³-hybridized carbons (Fsp3) is 0.200. The highest BCUT2D eigenvalue weighted by Gasteiger charge is 2.20. The summed E-state index contributed by atoms with van der Waals surface area (Å²) >= 11 is 15.5. The largest absolute Gasteiger partial charge is 0.507 e. The number of para-hydroxylation sites is 1. The van der Waals surface area contributed by atoms with E-state index >= 15 is 0 Å². The summed E-state index contributed by atoms with van der Waals surface area (Å²) in [6, 6.07) is 11.0. The normalized spacial score (nSPS) is 14.5. The van der Waals surface area contributed by atoms with Gasteiger partial charge in [0.2, 0.25) is 0 Å². The molecule has 7 heteroatoms. The first-order valence-corrected chi connectivity index (χ1v) is 9.21. The van der Waals surface area contributed by atoms with Crippen LogP contribution in [0, 0.1) is 0 Å². The van der Waals surface area contributed by atoms with E-state index in [4.69, 9.17) is 23.2 Å². The van der Waals surface area contributed by atoms with Crippen molar-refractivity contribution in [3.05, 3.63) is 46.4 Å². The zero-order chi connectivity index (χ0) is 15.5. The van der Waals surface area contributed by atoms with E-state index in [9.17, 15) is 5.11 Å². The van der Waals surface area contributed by atoms with Crippen molar-refractivity contribution < 1.29 is 5.11 Å². The third kappa shape index (κ3) is 3.78. The highest BCUT2D eigenvalue weighted by atomic mass is 35.5. The number of thioether (sulfide) groups is 1. The Morgan fingerprint density at radius 2 is 2.09 bits per heavy atom. The van der Waals surface area contributed by atoms with Crippen LogP contribution < -0.4 is 5.32 Å². The lowest BCUT2D eigenvalue weighted by molar-refractivity contribution is 0.462. The minimum atomic E-state index is 0.333. The van der Waals surface area contributed by atoms with Crippen molar-refractivity contribution in [1.82, 2.24) is 4.31 Å². The van der Waals surface area contributed by atoms with Crippen molar-refractivity contribution in [3.63, 3.8) is 0 Å². The Labute approximate surface area is 148 Å². The molecule has 0 aromatic heterocycles. The Morgan fingerprint density at radius 3 is 2.91 bits per heavy atom. The van der Waals surface area contributed by atoms with E-state index in [1.807, 2.05) is 24.3 Å². The van der Waals surface area contributed by atoms with Gasteiger partial charge in [0.1, 0.15) is 5.75 Å². The third-order valence-corrected chi connectivity index (χ3v) is 6.00. The van der Waals surface area contributed by atoms with Gasteiger partial charge >= 0.3 is 0 Å². The second-order valence-electron chi connectivity index (χ2n) is 4.71. The summed E-state index contributed by atoms with van der Waals surface area (Å²) in [6.07, 6.45) is 0.